The van der Waals surface area contributed by atoms with Crippen LogP contribution in [0, 0.1) is 13.8 Å². The fourth-order valence-electron chi connectivity index (χ4n) is 1.64. The molecular formula is C12H14N4O4S. The molecule has 112 valence electrons. The number of carbonyl (C=O) groups is 1. The fourth-order valence-corrected chi connectivity index (χ4v) is 2.70. The van der Waals surface area contributed by atoms with Gasteiger partial charge in [0.2, 0.25) is 0 Å². The van der Waals surface area contributed by atoms with Gasteiger partial charge in [-0.05, 0) is 37.1 Å². The van der Waals surface area contributed by atoms with Crippen LogP contribution in [-0.2, 0) is 21.4 Å². The molecule has 0 aliphatic carbocycles. The van der Waals surface area contributed by atoms with Crippen LogP contribution in [0.5, 0.6) is 0 Å². The van der Waals surface area contributed by atoms with Gasteiger partial charge in [-0.15, -0.1) is 5.10 Å². The molecule has 1 heterocycles. The van der Waals surface area contributed by atoms with Crippen LogP contribution in [0.4, 0.5) is 5.82 Å². The van der Waals surface area contributed by atoms with Crippen LogP contribution in [0.3, 0.4) is 0 Å². The molecule has 0 aliphatic rings. The first-order valence-corrected chi connectivity index (χ1v) is 7.48. The van der Waals surface area contributed by atoms with Crippen LogP contribution in [-0.4, -0.2) is 34.5 Å². The van der Waals surface area contributed by atoms with Gasteiger partial charge in [-0.2, -0.15) is 0 Å². The van der Waals surface area contributed by atoms with Gasteiger partial charge in [0.25, 0.3) is 10.0 Å². The van der Waals surface area contributed by atoms with Crippen molar-refractivity contribution in [2.24, 2.45) is 0 Å². The Labute approximate surface area is 121 Å². The number of aromatic nitrogens is 3. The predicted molar refractivity (Wildman–Crippen MR) is 74.4 cm³/mol. The van der Waals surface area contributed by atoms with E-state index in [1.807, 2.05) is 13.8 Å². The number of aryl methyl sites for hydroxylation is 2. The Morgan fingerprint density at radius 2 is 2.05 bits per heavy atom. The lowest BCUT2D eigenvalue weighted by Gasteiger charge is -2.07. The maximum absolute atomic E-state index is 12.2. The van der Waals surface area contributed by atoms with E-state index in [4.69, 9.17) is 5.11 Å². The maximum atomic E-state index is 12.2. The van der Waals surface area contributed by atoms with E-state index >= 15 is 0 Å². The Bertz CT molecular complexity index is 782. The summed E-state index contributed by atoms with van der Waals surface area (Å²) in [5.74, 6) is -1.13. The number of rotatable bonds is 5. The van der Waals surface area contributed by atoms with E-state index in [2.05, 4.69) is 15.0 Å². The van der Waals surface area contributed by atoms with E-state index < -0.39 is 22.5 Å². The zero-order chi connectivity index (χ0) is 15.6. The Morgan fingerprint density at radius 1 is 1.33 bits per heavy atom. The van der Waals surface area contributed by atoms with Gasteiger partial charge in [-0.3, -0.25) is 9.52 Å². The zero-order valence-electron chi connectivity index (χ0n) is 11.4. The second-order valence-electron chi connectivity index (χ2n) is 4.55. The third-order valence-corrected chi connectivity index (χ3v) is 4.22. The summed E-state index contributed by atoms with van der Waals surface area (Å²) < 4.78 is 27.7. The van der Waals surface area contributed by atoms with Crippen molar-refractivity contribution in [2.45, 2.75) is 25.3 Å². The van der Waals surface area contributed by atoms with Crippen LogP contribution in [0.15, 0.2) is 29.3 Å². The first kappa shape index (κ1) is 15.0. The summed E-state index contributed by atoms with van der Waals surface area (Å²) in [4.78, 5) is 10.6. The molecule has 0 saturated carbocycles. The highest BCUT2D eigenvalue weighted by Crippen LogP contribution is 2.17. The molecule has 0 aliphatic heterocycles. The number of hydrogen-bond acceptors (Lipinski definition) is 5. The number of carboxylic acids is 1. The minimum atomic E-state index is -3.78. The van der Waals surface area contributed by atoms with E-state index in [1.165, 1.54) is 12.3 Å². The minimum Gasteiger partial charge on any atom is -0.480 e. The van der Waals surface area contributed by atoms with Gasteiger partial charge < -0.3 is 5.11 Å². The number of benzene rings is 1. The number of hydrogen-bond donors (Lipinski definition) is 2. The number of nitrogens with one attached hydrogen (secondary N) is 1. The predicted octanol–water partition coefficient (Wildman–Crippen LogP) is 0.780. The van der Waals surface area contributed by atoms with Gasteiger partial charge in [0.05, 0.1) is 11.1 Å². The first-order valence-electron chi connectivity index (χ1n) is 6.00. The summed E-state index contributed by atoms with van der Waals surface area (Å²) in [7, 11) is -3.78. The molecule has 0 unspecified atom stereocenters. The van der Waals surface area contributed by atoms with E-state index in [0.717, 1.165) is 15.8 Å². The molecule has 0 spiro atoms. The molecular weight excluding hydrogens is 296 g/mol. The van der Waals surface area contributed by atoms with Crippen molar-refractivity contribution in [3.63, 3.8) is 0 Å². The van der Waals surface area contributed by atoms with Crippen molar-refractivity contribution in [1.82, 2.24) is 15.0 Å². The lowest BCUT2D eigenvalue weighted by molar-refractivity contribution is -0.137. The normalized spacial score (nSPS) is 11.3. The van der Waals surface area contributed by atoms with Gasteiger partial charge >= 0.3 is 5.97 Å². The Balaban J connectivity index is 2.22. The highest BCUT2D eigenvalue weighted by Gasteiger charge is 2.17. The van der Waals surface area contributed by atoms with Crippen LogP contribution in [0.25, 0.3) is 0 Å². The molecule has 0 atom stereocenters. The third-order valence-electron chi connectivity index (χ3n) is 2.86. The first-order chi connectivity index (χ1) is 9.78. The average molecular weight is 310 g/mol. The molecule has 21 heavy (non-hydrogen) atoms. The summed E-state index contributed by atoms with van der Waals surface area (Å²) in [6, 6.07) is 4.76. The monoisotopic (exact) mass is 310 g/mol. The lowest BCUT2D eigenvalue weighted by Crippen LogP contribution is -2.13. The largest absolute Gasteiger partial charge is 0.480 e. The van der Waals surface area contributed by atoms with Crippen LogP contribution in [0.1, 0.15) is 11.1 Å². The summed E-state index contributed by atoms with van der Waals surface area (Å²) >= 11 is 0. The molecule has 0 radical (unpaired) electrons. The van der Waals surface area contributed by atoms with Gasteiger partial charge in [-0.25, -0.2) is 13.1 Å². The van der Waals surface area contributed by atoms with E-state index in [1.54, 1.807) is 12.1 Å². The van der Waals surface area contributed by atoms with Crippen LogP contribution in [0.2, 0.25) is 0 Å². The van der Waals surface area contributed by atoms with Crippen molar-refractivity contribution in [1.29, 1.82) is 0 Å². The average Bonchev–Trinajstić information content (AvgIpc) is 2.78. The number of nitrogens with zero attached hydrogens (tertiary/aromatic N) is 3. The smallest absolute Gasteiger partial charge is 0.325 e. The lowest BCUT2D eigenvalue weighted by atomic mass is 10.1. The van der Waals surface area contributed by atoms with E-state index in [9.17, 15) is 13.2 Å². The number of sulfonamides is 1. The Kier molecular flexibility index (Phi) is 3.94. The molecule has 0 saturated heterocycles. The summed E-state index contributed by atoms with van der Waals surface area (Å²) in [5.41, 5.74) is 1.84. The quantitative estimate of drug-likeness (QED) is 0.843. The van der Waals surface area contributed by atoms with Gasteiger partial charge in [-0.1, -0.05) is 11.3 Å². The van der Waals surface area contributed by atoms with E-state index in [-0.39, 0.29) is 10.7 Å². The molecule has 8 nitrogen and oxygen atoms in total. The van der Waals surface area contributed by atoms with Crippen LogP contribution >= 0.6 is 0 Å². The Morgan fingerprint density at radius 3 is 2.67 bits per heavy atom. The number of aliphatic carboxylic acids is 1. The fraction of sp³-hybridized carbons (Fsp3) is 0.250. The molecule has 2 aromatic rings. The van der Waals surface area contributed by atoms with Crippen molar-refractivity contribution in [3.05, 3.63) is 35.5 Å². The van der Waals surface area contributed by atoms with Gasteiger partial charge in [0, 0.05) is 0 Å². The van der Waals surface area contributed by atoms with Gasteiger partial charge in [0.1, 0.15) is 6.54 Å². The molecule has 0 fully saturated rings. The molecule has 2 N–H and O–H groups in total. The standard InChI is InChI=1S/C12H14N4O4S/c1-8-3-4-10(5-9(8)2)21(19,20)14-11-6-16(15-13-11)7-12(17)18/h3-6,14H,7H2,1-2H3,(H,17,18). The Hall–Kier alpha value is -2.42. The highest BCUT2D eigenvalue weighted by atomic mass is 32.2. The van der Waals surface area contributed by atoms with Crippen molar-refractivity contribution < 1.29 is 18.3 Å². The van der Waals surface area contributed by atoms with Crippen molar-refractivity contribution in [3.8, 4) is 0 Å². The molecule has 0 bridgehead atoms. The topological polar surface area (TPSA) is 114 Å². The second kappa shape index (κ2) is 5.52. The molecule has 1 aromatic carbocycles. The van der Waals surface area contributed by atoms with Crippen molar-refractivity contribution in [2.75, 3.05) is 4.72 Å². The van der Waals surface area contributed by atoms with E-state index in [0.29, 0.717) is 0 Å². The maximum Gasteiger partial charge on any atom is 0.325 e. The third kappa shape index (κ3) is 3.57. The summed E-state index contributed by atoms with van der Waals surface area (Å²) in [6.45, 7) is 3.31. The zero-order valence-corrected chi connectivity index (χ0v) is 12.3. The minimum absolute atomic E-state index is 0.0329. The number of anilines is 1. The molecule has 2 rings (SSSR count). The van der Waals surface area contributed by atoms with Crippen molar-refractivity contribution >= 4 is 21.8 Å². The molecule has 0 amide bonds. The number of carboxylic acid groups (broad SMARTS) is 1. The summed E-state index contributed by atoms with van der Waals surface area (Å²) in [6.07, 6.45) is 1.21. The SMILES string of the molecule is Cc1ccc(S(=O)(=O)Nc2cn(CC(=O)O)nn2)cc1C. The highest BCUT2D eigenvalue weighted by molar-refractivity contribution is 7.92. The van der Waals surface area contributed by atoms with Gasteiger partial charge in [0.15, 0.2) is 5.82 Å². The van der Waals surface area contributed by atoms with Crippen LogP contribution < -0.4 is 4.72 Å². The summed E-state index contributed by atoms with van der Waals surface area (Å²) in [5, 5.41) is 15.7. The molecule has 9 heteroatoms. The molecule has 1 aromatic heterocycles. The second-order valence-corrected chi connectivity index (χ2v) is 6.23.